The zero-order valence-electron chi connectivity index (χ0n) is 12.9. The molecule has 3 N–H and O–H groups in total. The number of nitrogens with one attached hydrogen (secondary N) is 1. The standard InChI is InChI=1S/C15H26N4O/c1-9(2)14-18-13(16)10(3)15(19-14)17-11(4)12-5-7-20-8-6-12/h9,11-12H,5-8H2,1-4H3,(H3,16,17,18,19). The van der Waals surface area contributed by atoms with Crippen LogP contribution in [0.2, 0.25) is 0 Å². The molecule has 0 radical (unpaired) electrons. The van der Waals surface area contributed by atoms with Gasteiger partial charge in [0.1, 0.15) is 17.5 Å². The van der Waals surface area contributed by atoms with Gasteiger partial charge in [-0.05, 0) is 32.6 Å². The Labute approximate surface area is 121 Å². The highest BCUT2D eigenvalue weighted by atomic mass is 16.5. The van der Waals surface area contributed by atoms with Gasteiger partial charge in [-0.1, -0.05) is 13.8 Å². The first kappa shape index (κ1) is 15.0. The number of hydrogen-bond donors (Lipinski definition) is 2. The third kappa shape index (κ3) is 3.39. The largest absolute Gasteiger partial charge is 0.383 e. The smallest absolute Gasteiger partial charge is 0.135 e. The van der Waals surface area contributed by atoms with Crippen LogP contribution in [0.25, 0.3) is 0 Å². The van der Waals surface area contributed by atoms with Gasteiger partial charge in [-0.2, -0.15) is 0 Å². The van der Waals surface area contributed by atoms with Crippen LogP contribution in [-0.2, 0) is 4.74 Å². The molecule has 1 aliphatic rings. The van der Waals surface area contributed by atoms with Crippen molar-refractivity contribution >= 4 is 11.6 Å². The van der Waals surface area contributed by atoms with E-state index in [0.717, 1.165) is 43.3 Å². The predicted octanol–water partition coefficient (Wildman–Crippen LogP) is 2.72. The molecule has 0 aromatic carbocycles. The van der Waals surface area contributed by atoms with Gasteiger partial charge in [-0.25, -0.2) is 9.97 Å². The molecular weight excluding hydrogens is 252 g/mol. The number of nitrogens with two attached hydrogens (primary N) is 1. The summed E-state index contributed by atoms with van der Waals surface area (Å²) in [5.41, 5.74) is 6.94. The van der Waals surface area contributed by atoms with Crippen LogP contribution in [0.1, 0.15) is 50.9 Å². The lowest BCUT2D eigenvalue weighted by molar-refractivity contribution is 0.0622. The molecule has 0 spiro atoms. The van der Waals surface area contributed by atoms with Gasteiger partial charge in [0.05, 0.1) is 0 Å². The van der Waals surface area contributed by atoms with E-state index in [9.17, 15) is 0 Å². The lowest BCUT2D eigenvalue weighted by Crippen LogP contribution is -2.31. The molecule has 1 aliphatic heterocycles. The maximum atomic E-state index is 6.00. The second-order valence-corrected chi connectivity index (χ2v) is 5.98. The molecule has 1 atom stereocenters. The number of aromatic nitrogens is 2. The van der Waals surface area contributed by atoms with Crippen molar-refractivity contribution in [3.05, 3.63) is 11.4 Å². The second-order valence-electron chi connectivity index (χ2n) is 5.98. The van der Waals surface area contributed by atoms with E-state index in [2.05, 4.69) is 36.1 Å². The normalized spacial score (nSPS) is 18.2. The Bertz CT molecular complexity index is 455. The van der Waals surface area contributed by atoms with Gasteiger partial charge >= 0.3 is 0 Å². The fourth-order valence-electron chi connectivity index (χ4n) is 2.50. The zero-order chi connectivity index (χ0) is 14.7. The highest BCUT2D eigenvalue weighted by Crippen LogP contribution is 2.25. The van der Waals surface area contributed by atoms with Crippen molar-refractivity contribution in [1.82, 2.24) is 9.97 Å². The minimum absolute atomic E-state index is 0.275. The average molecular weight is 278 g/mol. The first-order valence-corrected chi connectivity index (χ1v) is 7.47. The van der Waals surface area contributed by atoms with Gasteiger partial charge in [-0.3, -0.25) is 0 Å². The topological polar surface area (TPSA) is 73.1 Å². The lowest BCUT2D eigenvalue weighted by Gasteiger charge is -2.29. The van der Waals surface area contributed by atoms with Crippen LogP contribution in [0.5, 0.6) is 0 Å². The third-order valence-corrected chi connectivity index (χ3v) is 4.05. The van der Waals surface area contributed by atoms with Crippen LogP contribution >= 0.6 is 0 Å². The van der Waals surface area contributed by atoms with Crippen LogP contribution in [0.15, 0.2) is 0 Å². The Hall–Kier alpha value is -1.36. The fourth-order valence-corrected chi connectivity index (χ4v) is 2.50. The predicted molar refractivity (Wildman–Crippen MR) is 81.9 cm³/mol. The van der Waals surface area contributed by atoms with Crippen LogP contribution in [0, 0.1) is 12.8 Å². The SMILES string of the molecule is Cc1c(N)nc(C(C)C)nc1NC(C)C1CCOCC1. The lowest BCUT2D eigenvalue weighted by atomic mass is 9.93. The molecule has 1 fully saturated rings. The molecule has 0 amide bonds. The second kappa shape index (κ2) is 6.39. The highest BCUT2D eigenvalue weighted by Gasteiger charge is 2.22. The average Bonchev–Trinajstić information content (AvgIpc) is 2.44. The molecule has 1 aromatic heterocycles. The minimum Gasteiger partial charge on any atom is -0.383 e. The van der Waals surface area contributed by atoms with E-state index in [-0.39, 0.29) is 5.92 Å². The summed E-state index contributed by atoms with van der Waals surface area (Å²) in [5.74, 6) is 3.15. The number of anilines is 2. The molecule has 2 rings (SSSR count). The molecule has 5 nitrogen and oxygen atoms in total. The minimum atomic E-state index is 0.275. The van der Waals surface area contributed by atoms with Crippen LogP contribution < -0.4 is 11.1 Å². The monoisotopic (exact) mass is 278 g/mol. The molecule has 0 bridgehead atoms. The van der Waals surface area contributed by atoms with E-state index in [1.54, 1.807) is 0 Å². The van der Waals surface area contributed by atoms with Crippen molar-refractivity contribution in [1.29, 1.82) is 0 Å². The van der Waals surface area contributed by atoms with Gasteiger partial charge < -0.3 is 15.8 Å². The molecule has 1 aromatic rings. The van der Waals surface area contributed by atoms with Gasteiger partial charge in [0, 0.05) is 30.7 Å². The van der Waals surface area contributed by atoms with Crippen molar-refractivity contribution in [3.8, 4) is 0 Å². The van der Waals surface area contributed by atoms with Crippen LogP contribution in [0.4, 0.5) is 11.6 Å². The van der Waals surface area contributed by atoms with E-state index >= 15 is 0 Å². The van der Waals surface area contributed by atoms with E-state index in [4.69, 9.17) is 10.5 Å². The number of nitrogen functional groups attached to an aromatic ring is 1. The van der Waals surface area contributed by atoms with Crippen molar-refractivity contribution in [3.63, 3.8) is 0 Å². The molecule has 1 saturated heterocycles. The third-order valence-electron chi connectivity index (χ3n) is 4.05. The number of ether oxygens (including phenoxy) is 1. The molecular formula is C15H26N4O. The van der Waals surface area contributed by atoms with Gasteiger partial charge in [0.2, 0.25) is 0 Å². The summed E-state index contributed by atoms with van der Waals surface area (Å²) >= 11 is 0. The van der Waals surface area contributed by atoms with Gasteiger partial charge in [0.15, 0.2) is 0 Å². The molecule has 112 valence electrons. The van der Waals surface area contributed by atoms with Crippen molar-refractivity contribution in [2.24, 2.45) is 5.92 Å². The number of rotatable bonds is 4. The van der Waals surface area contributed by atoms with E-state index in [1.165, 1.54) is 0 Å². The Morgan fingerprint density at radius 3 is 2.45 bits per heavy atom. The van der Waals surface area contributed by atoms with Crippen molar-refractivity contribution in [2.45, 2.75) is 52.5 Å². The molecule has 0 aliphatic carbocycles. The Morgan fingerprint density at radius 1 is 1.20 bits per heavy atom. The van der Waals surface area contributed by atoms with Crippen LogP contribution in [0.3, 0.4) is 0 Å². The summed E-state index contributed by atoms with van der Waals surface area (Å²) in [6.45, 7) is 10.1. The van der Waals surface area contributed by atoms with Crippen molar-refractivity contribution < 1.29 is 4.74 Å². The van der Waals surface area contributed by atoms with Crippen LogP contribution in [-0.4, -0.2) is 29.2 Å². The number of nitrogens with zero attached hydrogens (tertiary/aromatic N) is 2. The first-order valence-electron chi connectivity index (χ1n) is 7.47. The van der Waals surface area contributed by atoms with Gasteiger partial charge in [-0.15, -0.1) is 0 Å². The van der Waals surface area contributed by atoms with E-state index < -0.39 is 0 Å². The molecule has 5 heteroatoms. The first-order chi connectivity index (χ1) is 9.49. The Kier molecular flexibility index (Phi) is 4.81. The summed E-state index contributed by atoms with van der Waals surface area (Å²) in [4.78, 5) is 8.99. The Morgan fingerprint density at radius 2 is 1.85 bits per heavy atom. The van der Waals surface area contributed by atoms with Crippen molar-refractivity contribution in [2.75, 3.05) is 24.3 Å². The molecule has 20 heavy (non-hydrogen) atoms. The summed E-state index contributed by atoms with van der Waals surface area (Å²) in [5, 5.41) is 3.53. The quantitative estimate of drug-likeness (QED) is 0.886. The van der Waals surface area contributed by atoms with E-state index in [1.807, 2.05) is 6.92 Å². The summed E-state index contributed by atoms with van der Waals surface area (Å²) in [6, 6.07) is 0.368. The van der Waals surface area contributed by atoms with E-state index in [0.29, 0.717) is 17.8 Å². The summed E-state index contributed by atoms with van der Waals surface area (Å²) in [6.07, 6.45) is 2.20. The fraction of sp³-hybridized carbons (Fsp3) is 0.733. The van der Waals surface area contributed by atoms with Gasteiger partial charge in [0.25, 0.3) is 0 Å². The molecule has 2 heterocycles. The zero-order valence-corrected chi connectivity index (χ0v) is 12.9. The summed E-state index contributed by atoms with van der Waals surface area (Å²) in [7, 11) is 0. The maximum Gasteiger partial charge on any atom is 0.135 e. The highest BCUT2D eigenvalue weighted by molar-refractivity contribution is 5.55. The molecule has 0 saturated carbocycles. The Balaban J connectivity index is 2.15. The number of hydrogen-bond acceptors (Lipinski definition) is 5. The maximum absolute atomic E-state index is 6.00. The molecule has 1 unspecified atom stereocenters. The summed E-state index contributed by atoms with van der Waals surface area (Å²) < 4.78 is 5.42.